The number of thioether (sulfide) groups is 2. The van der Waals surface area contributed by atoms with Crippen LogP contribution in [0.4, 0.5) is 0 Å². The number of carboxylic acids is 1. The van der Waals surface area contributed by atoms with E-state index >= 15 is 0 Å². The third-order valence-electron chi connectivity index (χ3n) is 5.84. The molecule has 2 atom stereocenters. The van der Waals surface area contributed by atoms with E-state index in [0.29, 0.717) is 23.5 Å². The minimum Gasteiger partial charge on any atom is -0.872 e. The second-order valence-corrected chi connectivity index (χ2v) is 11.4. The molecule has 47 heavy (non-hydrogen) atoms. The van der Waals surface area contributed by atoms with Gasteiger partial charge in [0.25, 0.3) is 0 Å². The number of esters is 2. The molecule has 0 fully saturated rings. The molecule has 0 spiro atoms. The molecule has 3 aromatic carbocycles. The van der Waals surface area contributed by atoms with Crippen molar-refractivity contribution in [3.63, 3.8) is 0 Å². The van der Waals surface area contributed by atoms with Crippen LogP contribution in [0.1, 0.15) is 44.9 Å². The van der Waals surface area contributed by atoms with E-state index < -0.39 is 57.8 Å². The van der Waals surface area contributed by atoms with Gasteiger partial charge in [0.1, 0.15) is 29.1 Å². The molecular formula is C31H27N2O11RbS2. The second kappa shape index (κ2) is 19.5. The van der Waals surface area contributed by atoms with Gasteiger partial charge in [-0.2, -0.15) is 0 Å². The first-order valence-electron chi connectivity index (χ1n) is 13.4. The summed E-state index contributed by atoms with van der Waals surface area (Å²) in [6, 6.07) is 14.3. The minimum atomic E-state index is -1.35. The summed E-state index contributed by atoms with van der Waals surface area (Å²) in [5.74, 6) is -5.93. The maximum absolute atomic E-state index is 13.2. The molecule has 16 heteroatoms. The van der Waals surface area contributed by atoms with Gasteiger partial charge in [-0.25, -0.2) is 14.4 Å². The second-order valence-electron chi connectivity index (χ2n) is 9.34. The number of hydrogen-bond donors (Lipinski definition) is 3. The largest absolute Gasteiger partial charge is 1.00 e. The van der Waals surface area contributed by atoms with Crippen molar-refractivity contribution in [3.05, 3.63) is 89.5 Å². The molecule has 240 valence electrons. The summed E-state index contributed by atoms with van der Waals surface area (Å²) in [4.78, 5) is 86.1. The summed E-state index contributed by atoms with van der Waals surface area (Å²) in [5.41, 5.74) is -0.446. The third-order valence-corrected chi connectivity index (χ3v) is 7.89. The van der Waals surface area contributed by atoms with Crippen LogP contribution in [0, 0.1) is 0 Å². The predicted molar refractivity (Wildman–Crippen MR) is 166 cm³/mol. The normalized spacial score (nSPS) is 11.5. The maximum atomic E-state index is 13.2. The Hall–Kier alpha value is -3.34. The van der Waals surface area contributed by atoms with E-state index in [-0.39, 0.29) is 97.9 Å². The van der Waals surface area contributed by atoms with Crippen LogP contribution in [0.5, 0.6) is 17.2 Å². The predicted octanol–water partition coefficient (Wildman–Crippen LogP) is -0.570. The van der Waals surface area contributed by atoms with Gasteiger partial charge in [0.2, 0.25) is 22.0 Å². The molecule has 0 aromatic heterocycles. The molecule has 0 aliphatic carbocycles. The number of nitrogens with one attached hydrogen (secondary N) is 2. The summed E-state index contributed by atoms with van der Waals surface area (Å²) < 4.78 is 10.8. The first kappa shape index (κ1) is 39.8. The fourth-order valence-corrected chi connectivity index (χ4v) is 5.61. The Morgan fingerprint density at radius 1 is 0.681 bits per heavy atom. The zero-order valence-electron chi connectivity index (χ0n) is 25.3. The van der Waals surface area contributed by atoms with Gasteiger partial charge in [0.15, 0.2) is 0 Å². The number of carbonyl (C=O) groups excluding carboxylic acids is 6. The number of para-hydroxylation sites is 3. The molecule has 0 saturated carbocycles. The van der Waals surface area contributed by atoms with Gasteiger partial charge in [-0.3, -0.25) is 19.2 Å². The molecule has 0 aliphatic heterocycles. The van der Waals surface area contributed by atoms with Crippen molar-refractivity contribution in [3.8, 4) is 17.2 Å². The SMILES string of the molecule is CC(=O)NC(CSC(=O)C(CSC(=O)c1ccccc1OC(=O)c1ccccc1OC(=O)c1ccccc1[O-])NC(C)=O)C(=O)O.[Rb+]. The Labute approximate surface area is 326 Å². The molecule has 3 N–H and O–H groups in total. The monoisotopic (exact) mass is 752 g/mol. The van der Waals surface area contributed by atoms with Gasteiger partial charge in [0.05, 0.1) is 11.1 Å². The van der Waals surface area contributed by atoms with E-state index in [4.69, 9.17) is 9.47 Å². The average molecular weight is 753 g/mol. The zero-order chi connectivity index (χ0) is 33.8. The van der Waals surface area contributed by atoms with Gasteiger partial charge in [-0.15, -0.1) is 0 Å². The van der Waals surface area contributed by atoms with E-state index in [2.05, 4.69) is 10.6 Å². The van der Waals surface area contributed by atoms with Gasteiger partial charge in [-0.1, -0.05) is 71.7 Å². The van der Waals surface area contributed by atoms with E-state index in [1.807, 2.05) is 0 Å². The maximum Gasteiger partial charge on any atom is 1.00 e. The van der Waals surface area contributed by atoms with E-state index in [1.165, 1.54) is 72.8 Å². The number of ether oxygens (including phenoxy) is 2. The molecule has 3 rings (SSSR count). The molecule has 0 heterocycles. The van der Waals surface area contributed by atoms with E-state index in [1.54, 1.807) is 0 Å². The summed E-state index contributed by atoms with van der Waals surface area (Å²) in [6.45, 7) is 2.29. The van der Waals surface area contributed by atoms with Crippen molar-refractivity contribution >= 4 is 63.5 Å². The Bertz CT molecular complexity index is 1670. The summed E-state index contributed by atoms with van der Waals surface area (Å²) in [6.07, 6.45) is 0. The molecule has 2 amide bonds. The van der Waals surface area contributed by atoms with Crippen LogP contribution in [-0.2, 0) is 19.2 Å². The van der Waals surface area contributed by atoms with Crippen LogP contribution in [0.3, 0.4) is 0 Å². The number of hydrogen-bond acceptors (Lipinski definition) is 12. The molecule has 2 unspecified atom stereocenters. The van der Waals surface area contributed by atoms with Crippen molar-refractivity contribution < 1.29 is 111 Å². The molecular weight excluding hydrogens is 726 g/mol. The van der Waals surface area contributed by atoms with Crippen molar-refractivity contribution in [2.45, 2.75) is 25.9 Å². The molecule has 0 aliphatic rings. The number of amides is 2. The molecule has 3 aromatic rings. The van der Waals surface area contributed by atoms with Crippen LogP contribution in [0.2, 0.25) is 0 Å². The van der Waals surface area contributed by atoms with Crippen LogP contribution in [-0.4, -0.2) is 68.6 Å². The number of benzene rings is 3. The number of aliphatic carboxylic acids is 1. The fourth-order valence-electron chi connectivity index (χ4n) is 3.73. The standard InChI is InChI=1S/C31H28N2O11S2.Rb/c1-17(34)32-22(27(37)38)15-46-31(42)23(33-18(2)35)16-45-30(41)21-11-5-8-14-26(21)44-29(40)20-10-4-7-13-25(20)43-28(39)19-9-3-6-12-24(19)36;/h3-14,22-23,36H,15-16H2,1-2H3,(H,32,34)(H,33,35)(H,37,38);/q;+1/p-1. The van der Waals surface area contributed by atoms with Crippen molar-refractivity contribution in [2.75, 3.05) is 11.5 Å². The Kier molecular flexibility index (Phi) is 16.5. The molecule has 0 saturated heterocycles. The Balaban J connectivity index is 0.00000768. The van der Waals surface area contributed by atoms with E-state index in [9.17, 15) is 43.8 Å². The van der Waals surface area contributed by atoms with Crippen molar-refractivity contribution in [1.29, 1.82) is 0 Å². The van der Waals surface area contributed by atoms with Crippen LogP contribution in [0.15, 0.2) is 72.8 Å². The first-order chi connectivity index (χ1) is 21.9. The fraction of sp³-hybridized carbons (Fsp3) is 0.194. The Morgan fingerprint density at radius 3 is 1.68 bits per heavy atom. The topological polar surface area (TPSA) is 205 Å². The van der Waals surface area contributed by atoms with Crippen molar-refractivity contribution in [1.82, 2.24) is 10.6 Å². The van der Waals surface area contributed by atoms with Crippen LogP contribution in [0.25, 0.3) is 0 Å². The Morgan fingerprint density at radius 2 is 1.13 bits per heavy atom. The summed E-state index contributed by atoms with van der Waals surface area (Å²) in [5, 5.41) is 24.6. The number of rotatable bonds is 13. The van der Waals surface area contributed by atoms with Gasteiger partial charge >= 0.3 is 76.1 Å². The van der Waals surface area contributed by atoms with Gasteiger partial charge in [0, 0.05) is 25.4 Å². The molecule has 0 bridgehead atoms. The number of carboxylic acid groups (broad SMARTS) is 1. The molecule has 13 nitrogen and oxygen atoms in total. The van der Waals surface area contributed by atoms with Crippen molar-refractivity contribution in [2.24, 2.45) is 0 Å². The summed E-state index contributed by atoms with van der Waals surface area (Å²) >= 11 is 1.21. The van der Waals surface area contributed by atoms with Gasteiger partial charge < -0.3 is 30.3 Å². The van der Waals surface area contributed by atoms with Crippen LogP contribution < -0.4 is 83.4 Å². The smallest absolute Gasteiger partial charge is 0.872 e. The number of carbonyl (C=O) groups is 7. The third kappa shape index (κ3) is 12.3. The first-order valence-corrected chi connectivity index (χ1v) is 15.3. The summed E-state index contributed by atoms with van der Waals surface area (Å²) in [7, 11) is 0. The van der Waals surface area contributed by atoms with E-state index in [0.717, 1.165) is 13.8 Å². The van der Waals surface area contributed by atoms with Gasteiger partial charge in [-0.05, 0) is 30.3 Å². The van der Waals surface area contributed by atoms with Crippen LogP contribution >= 0.6 is 23.5 Å². The average Bonchev–Trinajstić information content (AvgIpc) is 3.01. The quantitative estimate of drug-likeness (QED) is 0.148. The zero-order valence-corrected chi connectivity index (χ0v) is 31.9. The molecule has 0 radical (unpaired) electrons. The minimum absolute atomic E-state index is 0.